The van der Waals surface area contributed by atoms with Gasteiger partial charge in [-0.1, -0.05) is 6.07 Å². The van der Waals surface area contributed by atoms with Gasteiger partial charge in [-0.15, -0.1) is 0 Å². The first-order valence-electron chi connectivity index (χ1n) is 5.05. The van der Waals surface area contributed by atoms with Crippen LogP contribution in [0.25, 0.3) is 0 Å². The summed E-state index contributed by atoms with van der Waals surface area (Å²) in [4.78, 5) is 0. The largest absolute Gasteiger partial charge is 0.318 e. The number of nitrogens with one attached hydrogen (secondary N) is 1. The smallest absolute Gasteiger partial charge is 0.0431 e. The molecule has 0 saturated heterocycles. The van der Waals surface area contributed by atoms with Gasteiger partial charge >= 0.3 is 0 Å². The fourth-order valence-electron chi connectivity index (χ4n) is 1.76. The summed E-state index contributed by atoms with van der Waals surface area (Å²) in [6.07, 6.45) is 0. The van der Waals surface area contributed by atoms with Crippen LogP contribution in [0.15, 0.2) is 6.07 Å². The van der Waals surface area contributed by atoms with Gasteiger partial charge < -0.3 is 11.1 Å². The molecule has 0 fully saturated rings. The predicted molar refractivity (Wildman–Crippen MR) is 61.3 cm³/mol. The Bertz CT molecular complexity index is 303. The normalized spacial score (nSPS) is 10.6. The van der Waals surface area contributed by atoms with Gasteiger partial charge in [0.2, 0.25) is 0 Å². The van der Waals surface area contributed by atoms with Crippen LogP contribution in [-0.2, 0) is 6.54 Å². The van der Waals surface area contributed by atoms with Gasteiger partial charge in [0.1, 0.15) is 0 Å². The van der Waals surface area contributed by atoms with Gasteiger partial charge in [0.25, 0.3) is 0 Å². The van der Waals surface area contributed by atoms with Crippen LogP contribution in [0.5, 0.6) is 0 Å². The Kier molecular flexibility index (Phi) is 3.67. The monoisotopic (exact) mass is 192 g/mol. The molecule has 2 heteroatoms. The zero-order chi connectivity index (χ0) is 10.7. The number of hydrogen-bond donors (Lipinski definition) is 2. The average molecular weight is 192 g/mol. The lowest BCUT2D eigenvalue weighted by Gasteiger charge is -2.15. The number of nitrogens with two attached hydrogens (primary N) is 1. The first kappa shape index (κ1) is 11.2. The maximum Gasteiger partial charge on any atom is 0.0431 e. The third-order valence-electron chi connectivity index (χ3n) is 2.97. The van der Waals surface area contributed by atoms with E-state index >= 15 is 0 Å². The maximum absolute atomic E-state index is 5.44. The van der Waals surface area contributed by atoms with Gasteiger partial charge in [-0.3, -0.25) is 0 Å². The van der Waals surface area contributed by atoms with E-state index in [0.717, 1.165) is 6.54 Å². The lowest BCUT2D eigenvalue weighted by Crippen LogP contribution is -2.22. The quantitative estimate of drug-likeness (QED) is 0.718. The highest BCUT2D eigenvalue weighted by Crippen LogP contribution is 2.21. The van der Waals surface area contributed by atoms with Crippen molar-refractivity contribution in [1.82, 2.24) is 5.32 Å². The molecule has 0 spiro atoms. The zero-order valence-electron chi connectivity index (χ0n) is 9.57. The Morgan fingerprint density at radius 2 is 1.57 bits per heavy atom. The van der Waals surface area contributed by atoms with E-state index in [2.05, 4.69) is 39.1 Å². The summed E-state index contributed by atoms with van der Waals surface area (Å²) in [6, 6.07) is 2.25. The highest BCUT2D eigenvalue weighted by atomic mass is 14.9. The van der Waals surface area contributed by atoms with Crippen molar-refractivity contribution in [2.45, 2.75) is 34.2 Å². The number of hydrogen-bond acceptors (Lipinski definition) is 2. The van der Waals surface area contributed by atoms with Crippen molar-refractivity contribution in [3.63, 3.8) is 0 Å². The Hall–Kier alpha value is -0.860. The van der Waals surface area contributed by atoms with E-state index in [1.54, 1.807) is 0 Å². The number of rotatable bonds is 3. The van der Waals surface area contributed by atoms with E-state index in [1.807, 2.05) is 0 Å². The predicted octanol–water partition coefficient (Wildman–Crippen LogP) is 1.93. The minimum absolute atomic E-state index is 0.534. The SMILES string of the molecule is Cc1cc(C)c(C)c(CNCN)c1C. The van der Waals surface area contributed by atoms with Crippen LogP contribution in [0, 0.1) is 27.7 Å². The fraction of sp³-hybridized carbons (Fsp3) is 0.500. The summed E-state index contributed by atoms with van der Waals surface area (Å²) in [5, 5.41) is 3.18. The Labute approximate surface area is 86.5 Å². The molecule has 78 valence electrons. The number of aryl methyl sites for hydroxylation is 2. The molecule has 3 N–H and O–H groups in total. The van der Waals surface area contributed by atoms with Crippen molar-refractivity contribution in [3.8, 4) is 0 Å². The van der Waals surface area contributed by atoms with E-state index in [1.165, 1.54) is 27.8 Å². The van der Waals surface area contributed by atoms with Crippen LogP contribution in [0.1, 0.15) is 27.8 Å². The van der Waals surface area contributed by atoms with Crippen LogP contribution in [0.3, 0.4) is 0 Å². The van der Waals surface area contributed by atoms with E-state index < -0.39 is 0 Å². The molecule has 1 aromatic rings. The van der Waals surface area contributed by atoms with Crippen LogP contribution >= 0.6 is 0 Å². The molecule has 14 heavy (non-hydrogen) atoms. The average Bonchev–Trinajstić information content (AvgIpc) is 2.15. The Morgan fingerprint density at radius 1 is 1.07 bits per heavy atom. The Morgan fingerprint density at radius 3 is 2.00 bits per heavy atom. The summed E-state index contributed by atoms with van der Waals surface area (Å²) in [5.74, 6) is 0. The molecule has 2 nitrogen and oxygen atoms in total. The molecule has 0 saturated carbocycles. The van der Waals surface area contributed by atoms with E-state index in [-0.39, 0.29) is 0 Å². The topological polar surface area (TPSA) is 38.0 Å². The minimum atomic E-state index is 0.534. The highest BCUT2D eigenvalue weighted by Gasteiger charge is 2.06. The summed E-state index contributed by atoms with van der Waals surface area (Å²) >= 11 is 0. The lowest BCUT2D eigenvalue weighted by molar-refractivity contribution is 0.702. The second-order valence-corrected chi connectivity index (χ2v) is 3.87. The van der Waals surface area contributed by atoms with Crippen molar-refractivity contribution in [1.29, 1.82) is 0 Å². The van der Waals surface area contributed by atoms with E-state index in [4.69, 9.17) is 5.73 Å². The maximum atomic E-state index is 5.44. The molecule has 0 aliphatic heterocycles. The van der Waals surface area contributed by atoms with E-state index in [9.17, 15) is 0 Å². The zero-order valence-corrected chi connectivity index (χ0v) is 9.57. The van der Waals surface area contributed by atoms with Crippen molar-refractivity contribution in [2.24, 2.45) is 5.73 Å². The standard InChI is InChI=1S/C12H20N2/c1-8-5-9(2)11(4)12(10(8)3)6-14-7-13/h5,14H,6-7,13H2,1-4H3. The lowest BCUT2D eigenvalue weighted by atomic mass is 9.94. The van der Waals surface area contributed by atoms with Gasteiger partial charge in [-0.05, 0) is 55.5 Å². The summed E-state index contributed by atoms with van der Waals surface area (Å²) in [7, 11) is 0. The molecule has 0 heterocycles. The molecule has 0 bridgehead atoms. The molecule has 0 atom stereocenters. The molecule has 0 aliphatic carbocycles. The summed E-state index contributed by atoms with van der Waals surface area (Å²) in [6.45, 7) is 10.1. The van der Waals surface area contributed by atoms with Crippen LogP contribution in [-0.4, -0.2) is 6.67 Å². The highest BCUT2D eigenvalue weighted by molar-refractivity contribution is 5.43. The van der Waals surface area contributed by atoms with Gasteiger partial charge in [-0.2, -0.15) is 0 Å². The minimum Gasteiger partial charge on any atom is -0.318 e. The molecular weight excluding hydrogens is 172 g/mol. The summed E-state index contributed by atoms with van der Waals surface area (Å²) in [5.41, 5.74) is 12.3. The third kappa shape index (κ3) is 2.14. The van der Waals surface area contributed by atoms with Gasteiger partial charge in [-0.25, -0.2) is 0 Å². The fourth-order valence-corrected chi connectivity index (χ4v) is 1.76. The van der Waals surface area contributed by atoms with E-state index in [0.29, 0.717) is 6.67 Å². The summed E-state index contributed by atoms with van der Waals surface area (Å²) < 4.78 is 0. The molecule has 0 radical (unpaired) electrons. The molecule has 0 unspecified atom stereocenters. The van der Waals surface area contributed by atoms with Gasteiger partial charge in [0.05, 0.1) is 0 Å². The second kappa shape index (κ2) is 4.58. The van der Waals surface area contributed by atoms with Crippen molar-refractivity contribution >= 4 is 0 Å². The molecule has 1 aromatic carbocycles. The first-order valence-corrected chi connectivity index (χ1v) is 5.05. The Balaban J connectivity index is 3.11. The van der Waals surface area contributed by atoms with Gasteiger partial charge in [0, 0.05) is 13.2 Å². The molecule has 1 rings (SSSR count). The molecule has 0 amide bonds. The molecular formula is C12H20N2. The van der Waals surface area contributed by atoms with Crippen LogP contribution in [0.2, 0.25) is 0 Å². The van der Waals surface area contributed by atoms with Crippen molar-refractivity contribution in [3.05, 3.63) is 33.9 Å². The first-order chi connectivity index (χ1) is 6.57. The number of benzene rings is 1. The van der Waals surface area contributed by atoms with Crippen LogP contribution < -0.4 is 11.1 Å². The van der Waals surface area contributed by atoms with Crippen molar-refractivity contribution < 1.29 is 0 Å². The molecule has 0 aliphatic rings. The third-order valence-corrected chi connectivity index (χ3v) is 2.97. The van der Waals surface area contributed by atoms with Crippen molar-refractivity contribution in [2.75, 3.05) is 6.67 Å². The second-order valence-electron chi connectivity index (χ2n) is 3.87. The van der Waals surface area contributed by atoms with Gasteiger partial charge in [0.15, 0.2) is 0 Å². The van der Waals surface area contributed by atoms with Crippen LogP contribution in [0.4, 0.5) is 0 Å². The molecule has 0 aromatic heterocycles.